The van der Waals surface area contributed by atoms with Crippen LogP contribution in [-0.2, 0) is 6.42 Å². The number of carbonyl (C=O) groups is 1. The lowest BCUT2D eigenvalue weighted by Gasteiger charge is -2.16. The third kappa shape index (κ3) is 2.82. The SMILES string of the molecule is CCc1cc(OC)c(C(=O)C(C)NC)cc1OC. The van der Waals surface area contributed by atoms with Gasteiger partial charge in [0.05, 0.1) is 25.8 Å². The molecule has 4 nitrogen and oxygen atoms in total. The molecule has 0 bridgehead atoms. The highest BCUT2D eigenvalue weighted by atomic mass is 16.5. The van der Waals surface area contributed by atoms with Crippen molar-refractivity contribution in [2.24, 2.45) is 0 Å². The molecule has 0 spiro atoms. The lowest BCUT2D eigenvalue weighted by Crippen LogP contribution is -2.31. The van der Waals surface area contributed by atoms with Crippen LogP contribution in [0.2, 0.25) is 0 Å². The highest BCUT2D eigenvalue weighted by Crippen LogP contribution is 2.30. The number of likely N-dealkylation sites (N-methyl/N-ethyl adjacent to an activating group) is 1. The molecule has 0 aromatic heterocycles. The van der Waals surface area contributed by atoms with Crippen LogP contribution >= 0.6 is 0 Å². The molecule has 1 atom stereocenters. The van der Waals surface area contributed by atoms with Crippen molar-refractivity contribution in [3.8, 4) is 11.5 Å². The Labute approximate surface area is 108 Å². The number of benzene rings is 1. The molecular formula is C14H21NO3. The van der Waals surface area contributed by atoms with Crippen LogP contribution in [-0.4, -0.2) is 33.1 Å². The van der Waals surface area contributed by atoms with Crippen LogP contribution in [0.15, 0.2) is 12.1 Å². The summed E-state index contributed by atoms with van der Waals surface area (Å²) in [6.45, 7) is 3.86. The maximum atomic E-state index is 12.2. The van der Waals surface area contributed by atoms with E-state index in [1.165, 1.54) is 0 Å². The van der Waals surface area contributed by atoms with Gasteiger partial charge in [-0.3, -0.25) is 4.79 Å². The van der Waals surface area contributed by atoms with Crippen molar-refractivity contribution in [2.75, 3.05) is 21.3 Å². The second-order valence-electron chi connectivity index (χ2n) is 4.09. The first kappa shape index (κ1) is 14.5. The lowest BCUT2D eigenvalue weighted by molar-refractivity contribution is 0.0951. The Kier molecular flexibility index (Phi) is 5.16. The average molecular weight is 251 g/mol. The van der Waals surface area contributed by atoms with Gasteiger partial charge in [-0.25, -0.2) is 0 Å². The largest absolute Gasteiger partial charge is 0.496 e. The van der Waals surface area contributed by atoms with Crippen molar-refractivity contribution in [3.63, 3.8) is 0 Å². The van der Waals surface area contributed by atoms with E-state index in [1.807, 2.05) is 19.9 Å². The van der Waals surface area contributed by atoms with Gasteiger partial charge >= 0.3 is 0 Å². The highest BCUT2D eigenvalue weighted by Gasteiger charge is 2.20. The lowest BCUT2D eigenvalue weighted by atomic mass is 10.0. The number of methoxy groups -OCH3 is 2. The molecule has 0 heterocycles. The van der Waals surface area contributed by atoms with Gasteiger partial charge in [0.25, 0.3) is 0 Å². The predicted molar refractivity (Wildman–Crippen MR) is 71.8 cm³/mol. The van der Waals surface area contributed by atoms with Gasteiger partial charge in [-0.05, 0) is 38.1 Å². The van der Waals surface area contributed by atoms with E-state index in [0.29, 0.717) is 11.3 Å². The molecule has 0 saturated heterocycles. The predicted octanol–water partition coefficient (Wildman–Crippen LogP) is 2.06. The second-order valence-corrected chi connectivity index (χ2v) is 4.09. The molecule has 1 aromatic rings. The van der Waals surface area contributed by atoms with Gasteiger partial charge < -0.3 is 14.8 Å². The summed E-state index contributed by atoms with van der Waals surface area (Å²) in [5.74, 6) is 1.32. The summed E-state index contributed by atoms with van der Waals surface area (Å²) in [5.41, 5.74) is 1.58. The average Bonchev–Trinajstić information content (AvgIpc) is 2.43. The third-order valence-corrected chi connectivity index (χ3v) is 3.08. The molecule has 1 unspecified atom stereocenters. The van der Waals surface area contributed by atoms with Crippen molar-refractivity contribution >= 4 is 5.78 Å². The Hall–Kier alpha value is -1.55. The number of rotatable bonds is 6. The van der Waals surface area contributed by atoms with Gasteiger partial charge in [-0.15, -0.1) is 0 Å². The van der Waals surface area contributed by atoms with Crippen LogP contribution in [0.3, 0.4) is 0 Å². The van der Waals surface area contributed by atoms with Crippen LogP contribution in [0, 0.1) is 0 Å². The van der Waals surface area contributed by atoms with Crippen molar-refractivity contribution in [1.82, 2.24) is 5.32 Å². The molecule has 0 saturated carbocycles. The van der Waals surface area contributed by atoms with Crippen LogP contribution in [0.4, 0.5) is 0 Å². The second kappa shape index (κ2) is 6.40. The molecule has 0 aliphatic rings. The Morgan fingerprint density at radius 1 is 1.28 bits per heavy atom. The zero-order valence-electron chi connectivity index (χ0n) is 11.7. The molecular weight excluding hydrogens is 230 g/mol. The fourth-order valence-electron chi connectivity index (χ4n) is 1.79. The number of ketones is 1. The van der Waals surface area contributed by atoms with Crippen LogP contribution < -0.4 is 14.8 Å². The molecule has 0 aliphatic carbocycles. The summed E-state index contributed by atoms with van der Waals surface area (Å²) in [4.78, 5) is 12.2. The minimum absolute atomic E-state index is 0.00435. The topological polar surface area (TPSA) is 47.6 Å². The molecule has 0 radical (unpaired) electrons. The van der Waals surface area contributed by atoms with Gasteiger partial charge in [0, 0.05) is 0 Å². The summed E-state index contributed by atoms with van der Waals surface area (Å²) in [7, 11) is 4.94. The van der Waals surface area contributed by atoms with Crippen molar-refractivity contribution in [3.05, 3.63) is 23.3 Å². The zero-order valence-corrected chi connectivity index (χ0v) is 11.7. The van der Waals surface area contributed by atoms with Crippen molar-refractivity contribution in [2.45, 2.75) is 26.3 Å². The van der Waals surface area contributed by atoms with E-state index in [-0.39, 0.29) is 11.8 Å². The number of carbonyl (C=O) groups excluding carboxylic acids is 1. The zero-order chi connectivity index (χ0) is 13.7. The number of ether oxygens (including phenoxy) is 2. The first-order chi connectivity index (χ1) is 8.58. The molecule has 1 aromatic carbocycles. The summed E-state index contributed by atoms with van der Waals surface area (Å²) in [6.07, 6.45) is 0.829. The molecule has 4 heteroatoms. The minimum atomic E-state index is -0.254. The summed E-state index contributed by atoms with van der Waals surface area (Å²) >= 11 is 0. The van der Waals surface area contributed by atoms with Gasteiger partial charge in [0.2, 0.25) is 0 Å². The van der Waals surface area contributed by atoms with Gasteiger partial charge in [0.15, 0.2) is 5.78 Å². The van der Waals surface area contributed by atoms with Gasteiger partial charge in [-0.1, -0.05) is 6.92 Å². The Morgan fingerprint density at radius 3 is 2.33 bits per heavy atom. The fourth-order valence-corrected chi connectivity index (χ4v) is 1.79. The Morgan fingerprint density at radius 2 is 1.89 bits per heavy atom. The molecule has 100 valence electrons. The summed E-state index contributed by atoms with van der Waals surface area (Å²) in [6, 6.07) is 3.37. The van der Waals surface area contributed by atoms with Crippen LogP contribution in [0.5, 0.6) is 11.5 Å². The van der Waals surface area contributed by atoms with E-state index < -0.39 is 0 Å². The number of hydrogen-bond donors (Lipinski definition) is 1. The normalized spacial score (nSPS) is 12.1. The summed E-state index contributed by atoms with van der Waals surface area (Å²) < 4.78 is 10.6. The Bertz CT molecular complexity index is 429. The quantitative estimate of drug-likeness (QED) is 0.786. The van der Waals surface area contributed by atoms with E-state index in [4.69, 9.17) is 9.47 Å². The van der Waals surface area contributed by atoms with Crippen LogP contribution in [0.1, 0.15) is 29.8 Å². The van der Waals surface area contributed by atoms with Gasteiger partial charge in [0.1, 0.15) is 11.5 Å². The standard InChI is InChI=1S/C14H21NO3/c1-6-10-7-13(18-5)11(8-12(10)17-4)14(16)9(2)15-3/h7-9,15H,6H2,1-5H3. The molecule has 0 aliphatic heterocycles. The van der Waals surface area contributed by atoms with E-state index in [0.717, 1.165) is 17.7 Å². The fraction of sp³-hybridized carbons (Fsp3) is 0.500. The van der Waals surface area contributed by atoms with E-state index in [2.05, 4.69) is 5.32 Å². The maximum Gasteiger partial charge on any atom is 0.183 e. The first-order valence-electron chi connectivity index (χ1n) is 6.05. The Balaban J connectivity index is 3.29. The summed E-state index contributed by atoms with van der Waals surface area (Å²) in [5, 5.41) is 2.93. The third-order valence-electron chi connectivity index (χ3n) is 3.08. The van der Waals surface area contributed by atoms with E-state index >= 15 is 0 Å². The van der Waals surface area contributed by atoms with Crippen molar-refractivity contribution < 1.29 is 14.3 Å². The monoisotopic (exact) mass is 251 g/mol. The smallest absolute Gasteiger partial charge is 0.183 e. The highest BCUT2D eigenvalue weighted by molar-refractivity contribution is 6.02. The number of aryl methyl sites for hydroxylation is 1. The van der Waals surface area contributed by atoms with Crippen LogP contribution in [0.25, 0.3) is 0 Å². The number of nitrogens with one attached hydrogen (secondary N) is 1. The van der Waals surface area contributed by atoms with Gasteiger partial charge in [-0.2, -0.15) is 0 Å². The minimum Gasteiger partial charge on any atom is -0.496 e. The van der Waals surface area contributed by atoms with E-state index in [1.54, 1.807) is 27.3 Å². The molecule has 1 rings (SSSR count). The maximum absolute atomic E-state index is 12.2. The number of Topliss-reactive ketones (excluding diaryl/α,β-unsaturated/α-hetero) is 1. The molecule has 0 amide bonds. The molecule has 18 heavy (non-hydrogen) atoms. The van der Waals surface area contributed by atoms with E-state index in [9.17, 15) is 4.79 Å². The van der Waals surface area contributed by atoms with Crippen molar-refractivity contribution in [1.29, 1.82) is 0 Å². The number of hydrogen-bond acceptors (Lipinski definition) is 4. The molecule has 1 N–H and O–H groups in total. The molecule has 0 fully saturated rings. The first-order valence-corrected chi connectivity index (χ1v) is 6.05.